The Kier molecular flexibility index (Phi) is 6.41. The summed E-state index contributed by atoms with van der Waals surface area (Å²) >= 11 is 6.04. The molecule has 0 heterocycles. The van der Waals surface area contributed by atoms with E-state index < -0.39 is 29.9 Å². The molecule has 2 rings (SSSR count). The van der Waals surface area contributed by atoms with Crippen molar-refractivity contribution >= 4 is 17.6 Å². The SMILES string of the molecule is COC(=O)C(C)(COc1ccc(C(F)(F)F)cc1C#N)Oc1ccccc1Cl. The van der Waals surface area contributed by atoms with Gasteiger partial charge in [-0.3, -0.25) is 0 Å². The number of esters is 1. The predicted octanol–water partition coefficient (Wildman–Crippen LogP) is 4.62. The van der Waals surface area contributed by atoms with E-state index in [1.54, 1.807) is 24.3 Å². The minimum absolute atomic E-state index is 0.131. The molecule has 28 heavy (non-hydrogen) atoms. The van der Waals surface area contributed by atoms with Crippen LogP contribution in [0.4, 0.5) is 13.2 Å². The van der Waals surface area contributed by atoms with Crippen LogP contribution in [-0.4, -0.2) is 25.3 Å². The molecule has 0 fully saturated rings. The molecule has 0 N–H and O–H groups in total. The first kappa shape index (κ1) is 21.4. The molecule has 2 aromatic carbocycles. The van der Waals surface area contributed by atoms with Crippen LogP contribution in [0, 0.1) is 11.3 Å². The van der Waals surface area contributed by atoms with Gasteiger partial charge in [-0.2, -0.15) is 18.4 Å². The van der Waals surface area contributed by atoms with E-state index in [-0.39, 0.29) is 22.1 Å². The Morgan fingerprint density at radius 2 is 1.86 bits per heavy atom. The normalized spacial score (nSPS) is 13.2. The smallest absolute Gasteiger partial charge is 0.416 e. The van der Waals surface area contributed by atoms with E-state index in [4.69, 9.17) is 31.1 Å². The molecule has 0 aliphatic heterocycles. The molecule has 0 saturated carbocycles. The molecule has 0 aromatic heterocycles. The highest BCUT2D eigenvalue weighted by molar-refractivity contribution is 6.32. The molecule has 0 amide bonds. The van der Waals surface area contributed by atoms with E-state index in [1.807, 2.05) is 0 Å². The minimum atomic E-state index is -4.60. The minimum Gasteiger partial charge on any atom is -0.487 e. The number of nitriles is 1. The number of alkyl halides is 3. The zero-order chi connectivity index (χ0) is 20.9. The van der Waals surface area contributed by atoms with Crippen LogP contribution in [0.25, 0.3) is 0 Å². The van der Waals surface area contributed by atoms with Crippen LogP contribution in [0.1, 0.15) is 18.1 Å². The largest absolute Gasteiger partial charge is 0.487 e. The van der Waals surface area contributed by atoms with Crippen LogP contribution in [-0.2, 0) is 15.7 Å². The molecule has 148 valence electrons. The number of hydrogen-bond donors (Lipinski definition) is 0. The van der Waals surface area contributed by atoms with Crippen molar-refractivity contribution < 1.29 is 32.2 Å². The lowest BCUT2D eigenvalue weighted by Gasteiger charge is -2.28. The zero-order valence-corrected chi connectivity index (χ0v) is 15.6. The Morgan fingerprint density at radius 1 is 1.18 bits per heavy atom. The summed E-state index contributed by atoms with van der Waals surface area (Å²) in [5, 5.41) is 9.37. The highest BCUT2D eigenvalue weighted by Crippen LogP contribution is 2.33. The number of carbonyl (C=O) groups excluding carboxylic acids is 1. The maximum Gasteiger partial charge on any atom is 0.416 e. The van der Waals surface area contributed by atoms with Crippen molar-refractivity contribution in [3.63, 3.8) is 0 Å². The summed E-state index contributed by atoms with van der Waals surface area (Å²) in [5.41, 5.74) is -2.99. The van der Waals surface area contributed by atoms with E-state index >= 15 is 0 Å². The summed E-state index contributed by atoms with van der Waals surface area (Å²) in [4.78, 5) is 12.2. The molecule has 9 heteroatoms. The van der Waals surface area contributed by atoms with Gasteiger partial charge in [0, 0.05) is 0 Å². The van der Waals surface area contributed by atoms with E-state index in [9.17, 15) is 18.0 Å². The summed E-state index contributed by atoms with van der Waals surface area (Å²) in [6.45, 7) is 0.934. The van der Waals surface area contributed by atoms with Gasteiger partial charge in [0.25, 0.3) is 0 Å². The van der Waals surface area contributed by atoms with Gasteiger partial charge in [0.1, 0.15) is 24.2 Å². The van der Waals surface area contributed by atoms with Crippen molar-refractivity contribution in [2.45, 2.75) is 18.7 Å². The lowest BCUT2D eigenvalue weighted by molar-refractivity contribution is -0.160. The van der Waals surface area contributed by atoms with Crippen LogP contribution in [0.3, 0.4) is 0 Å². The third-order valence-electron chi connectivity index (χ3n) is 3.72. The molecule has 0 bridgehead atoms. The van der Waals surface area contributed by atoms with Crippen molar-refractivity contribution in [3.05, 3.63) is 58.6 Å². The molecule has 0 radical (unpaired) electrons. The number of ether oxygens (including phenoxy) is 3. The first-order chi connectivity index (χ1) is 13.1. The third-order valence-corrected chi connectivity index (χ3v) is 4.03. The average Bonchev–Trinajstić information content (AvgIpc) is 2.66. The van der Waals surface area contributed by atoms with Crippen LogP contribution < -0.4 is 9.47 Å². The van der Waals surface area contributed by atoms with Crippen LogP contribution in [0.15, 0.2) is 42.5 Å². The second-order valence-electron chi connectivity index (χ2n) is 5.86. The zero-order valence-electron chi connectivity index (χ0n) is 14.8. The first-order valence-electron chi connectivity index (χ1n) is 7.87. The van der Waals surface area contributed by atoms with Gasteiger partial charge < -0.3 is 14.2 Å². The second-order valence-corrected chi connectivity index (χ2v) is 6.27. The number of benzene rings is 2. The van der Waals surface area contributed by atoms with Crippen LogP contribution >= 0.6 is 11.6 Å². The molecule has 0 aliphatic rings. The highest BCUT2D eigenvalue weighted by atomic mass is 35.5. The fourth-order valence-corrected chi connectivity index (χ4v) is 2.43. The summed E-state index contributed by atoms with van der Waals surface area (Å²) < 4.78 is 54.2. The van der Waals surface area contributed by atoms with Crippen LogP contribution in [0.2, 0.25) is 5.02 Å². The van der Waals surface area contributed by atoms with E-state index in [0.29, 0.717) is 6.07 Å². The Morgan fingerprint density at radius 3 is 2.43 bits per heavy atom. The quantitative estimate of drug-likeness (QED) is 0.646. The van der Waals surface area contributed by atoms with E-state index in [2.05, 4.69) is 0 Å². The fourth-order valence-electron chi connectivity index (χ4n) is 2.25. The first-order valence-corrected chi connectivity index (χ1v) is 8.24. The van der Waals surface area contributed by atoms with Crippen molar-refractivity contribution in [3.8, 4) is 17.6 Å². The molecular formula is C19H15ClF3NO4. The Hall–Kier alpha value is -2.92. The molecule has 0 saturated heterocycles. The Bertz CT molecular complexity index is 911. The van der Waals surface area contributed by atoms with Crippen molar-refractivity contribution in [1.82, 2.24) is 0 Å². The molecule has 5 nitrogen and oxygen atoms in total. The Labute approximate surface area is 164 Å². The lowest BCUT2D eigenvalue weighted by atomic mass is 10.1. The Balaban J connectivity index is 2.28. The third kappa shape index (κ3) is 4.87. The molecule has 0 aliphatic carbocycles. The van der Waals surface area contributed by atoms with Gasteiger partial charge in [-0.15, -0.1) is 0 Å². The lowest BCUT2D eigenvalue weighted by Crippen LogP contribution is -2.47. The number of nitrogens with zero attached hydrogens (tertiary/aromatic N) is 1. The molecule has 1 unspecified atom stereocenters. The highest BCUT2D eigenvalue weighted by Gasteiger charge is 2.39. The number of methoxy groups -OCH3 is 1. The van der Waals surface area contributed by atoms with Gasteiger partial charge in [-0.05, 0) is 37.3 Å². The maximum atomic E-state index is 12.8. The standard InChI is InChI=1S/C19H15ClF3NO4/c1-18(17(25)26-2,28-16-6-4-3-5-14(16)20)11-27-15-8-7-13(19(21,22)23)9-12(15)10-24/h3-9H,11H2,1-2H3. The number of halogens is 4. The van der Waals surface area contributed by atoms with Crippen LogP contribution in [0.5, 0.6) is 11.5 Å². The van der Waals surface area contributed by atoms with Gasteiger partial charge in [-0.1, -0.05) is 23.7 Å². The van der Waals surface area contributed by atoms with Crippen molar-refractivity contribution in [1.29, 1.82) is 5.26 Å². The monoisotopic (exact) mass is 413 g/mol. The molecular weight excluding hydrogens is 399 g/mol. The summed E-state index contributed by atoms with van der Waals surface area (Å²) in [6.07, 6.45) is -4.60. The van der Waals surface area contributed by atoms with Gasteiger partial charge in [-0.25, -0.2) is 4.79 Å². The van der Waals surface area contributed by atoms with E-state index in [1.165, 1.54) is 13.0 Å². The van der Waals surface area contributed by atoms with Gasteiger partial charge in [0.15, 0.2) is 0 Å². The molecule has 0 spiro atoms. The number of carbonyl (C=O) groups is 1. The second kappa shape index (κ2) is 8.40. The van der Waals surface area contributed by atoms with Crippen molar-refractivity contribution in [2.75, 3.05) is 13.7 Å². The predicted molar refractivity (Wildman–Crippen MR) is 94.2 cm³/mol. The number of rotatable bonds is 6. The molecule has 2 aromatic rings. The summed E-state index contributed by atoms with van der Waals surface area (Å²) in [5.74, 6) is -0.736. The van der Waals surface area contributed by atoms with Gasteiger partial charge in [0.2, 0.25) is 5.60 Å². The summed E-state index contributed by atoms with van der Waals surface area (Å²) in [7, 11) is 1.15. The number of hydrogen-bond acceptors (Lipinski definition) is 5. The van der Waals surface area contributed by atoms with Crippen molar-refractivity contribution in [2.24, 2.45) is 0 Å². The fraction of sp³-hybridized carbons (Fsp3) is 0.263. The van der Waals surface area contributed by atoms with Gasteiger partial charge >= 0.3 is 12.1 Å². The average molecular weight is 414 g/mol. The van der Waals surface area contributed by atoms with Gasteiger partial charge in [0.05, 0.1) is 23.3 Å². The number of para-hydroxylation sites is 1. The topological polar surface area (TPSA) is 68.5 Å². The molecule has 1 atom stereocenters. The van der Waals surface area contributed by atoms with E-state index in [0.717, 1.165) is 19.2 Å². The summed E-state index contributed by atoms with van der Waals surface area (Å²) in [6, 6.07) is 10.5. The maximum absolute atomic E-state index is 12.8.